The van der Waals surface area contributed by atoms with Crippen molar-refractivity contribution in [3.8, 4) is 22.8 Å². The van der Waals surface area contributed by atoms with E-state index in [-0.39, 0.29) is 47.1 Å². The van der Waals surface area contributed by atoms with Crippen molar-refractivity contribution in [3.05, 3.63) is 82.9 Å². The number of carbonyl (C=O) groups is 1. The smallest absolute Gasteiger partial charge is 0.424 e. The molecular formula is C29H26F4N4O5. The van der Waals surface area contributed by atoms with E-state index in [2.05, 4.69) is 15.3 Å². The molecule has 3 heterocycles. The van der Waals surface area contributed by atoms with Gasteiger partial charge in [-0.1, -0.05) is 6.07 Å². The van der Waals surface area contributed by atoms with Crippen molar-refractivity contribution in [2.75, 3.05) is 20.3 Å². The van der Waals surface area contributed by atoms with E-state index in [0.717, 1.165) is 18.2 Å². The van der Waals surface area contributed by atoms with E-state index in [0.29, 0.717) is 16.6 Å². The summed E-state index contributed by atoms with van der Waals surface area (Å²) in [6.45, 7) is -0.140. The number of carbonyl (C=O) groups excluding carboxylic acids is 1. The maximum atomic E-state index is 14.6. The largest absolute Gasteiger partial charge is 0.494 e. The Morgan fingerprint density at radius 3 is 2.50 bits per heavy atom. The second-order valence-electron chi connectivity index (χ2n) is 10.2. The molecule has 4 aromatic rings. The first-order valence-electron chi connectivity index (χ1n) is 12.7. The predicted molar refractivity (Wildman–Crippen MR) is 143 cm³/mol. The molecule has 5 N–H and O–H groups in total. The first-order chi connectivity index (χ1) is 19.8. The molecule has 2 atom stereocenters. The van der Waals surface area contributed by atoms with Crippen LogP contribution in [0.2, 0.25) is 0 Å². The quantitative estimate of drug-likeness (QED) is 0.241. The molecule has 13 heteroatoms. The first kappa shape index (κ1) is 29.2. The van der Waals surface area contributed by atoms with E-state index >= 15 is 0 Å². The van der Waals surface area contributed by atoms with Crippen molar-refractivity contribution in [1.29, 1.82) is 0 Å². The number of nitrogens with zero attached hydrogens (tertiary/aromatic N) is 2. The van der Waals surface area contributed by atoms with Crippen LogP contribution in [0, 0.1) is 5.82 Å². The summed E-state index contributed by atoms with van der Waals surface area (Å²) in [5.74, 6) is -1.23. The number of amides is 1. The normalized spacial score (nSPS) is 17.8. The summed E-state index contributed by atoms with van der Waals surface area (Å²) in [6, 6.07) is 11.7. The van der Waals surface area contributed by atoms with E-state index in [1.165, 1.54) is 37.4 Å². The van der Waals surface area contributed by atoms with Crippen molar-refractivity contribution < 1.29 is 42.0 Å². The number of ether oxygens (including phenoxy) is 2. The summed E-state index contributed by atoms with van der Waals surface area (Å²) in [6.07, 6.45) is -5.29. The summed E-state index contributed by atoms with van der Waals surface area (Å²) in [5, 5.41) is 23.1. The van der Waals surface area contributed by atoms with Crippen molar-refractivity contribution in [2.45, 2.75) is 30.8 Å². The zero-order valence-electron chi connectivity index (χ0n) is 22.4. The Bertz CT molecular complexity index is 1680. The van der Waals surface area contributed by atoms with E-state index < -0.39 is 41.3 Å². The standard InChI is InChI=1S/C29H26F4N4O5/c1-27(34)14-42-25-20(27)11-22(37-24(25)15-3-6-18(30)7-4-15)28(40,29(31,32)33)13-35-26(39)17-9-16-5-8-19(12-38)36-23(16)21(10-17)41-2/h3-11,38,40H,12-14,34H2,1-2H3,(H,35,39). The number of alkyl halides is 3. The highest BCUT2D eigenvalue weighted by molar-refractivity contribution is 6.00. The SMILES string of the molecule is COc1cc(C(=O)NCC(O)(c2cc3c(c(-c4ccc(F)cc4)n2)OCC3(C)N)C(F)(F)F)cc2ccc(CO)nc12. The Kier molecular flexibility index (Phi) is 7.29. The molecule has 0 bridgehead atoms. The Labute approximate surface area is 236 Å². The highest BCUT2D eigenvalue weighted by Crippen LogP contribution is 2.46. The van der Waals surface area contributed by atoms with Gasteiger partial charge in [0.2, 0.25) is 5.60 Å². The lowest BCUT2D eigenvalue weighted by Gasteiger charge is -2.31. The number of nitrogens with one attached hydrogen (secondary N) is 1. The Balaban J connectivity index is 1.54. The minimum Gasteiger partial charge on any atom is -0.494 e. The van der Waals surface area contributed by atoms with Crippen LogP contribution in [0.5, 0.6) is 11.5 Å². The molecule has 42 heavy (non-hydrogen) atoms. The molecule has 0 spiro atoms. The van der Waals surface area contributed by atoms with Crippen LogP contribution in [-0.4, -0.2) is 52.5 Å². The van der Waals surface area contributed by atoms with Crippen molar-refractivity contribution in [1.82, 2.24) is 15.3 Å². The number of rotatable bonds is 7. The maximum Gasteiger partial charge on any atom is 0.424 e. The summed E-state index contributed by atoms with van der Waals surface area (Å²) in [7, 11) is 1.33. The van der Waals surface area contributed by atoms with E-state index in [1.54, 1.807) is 13.0 Å². The third-order valence-corrected chi connectivity index (χ3v) is 7.08. The molecule has 0 radical (unpaired) electrons. The van der Waals surface area contributed by atoms with Gasteiger partial charge in [-0.3, -0.25) is 4.79 Å². The average molecular weight is 587 g/mol. The maximum absolute atomic E-state index is 14.6. The third kappa shape index (κ3) is 5.10. The number of pyridine rings is 2. The number of aliphatic hydroxyl groups is 2. The number of nitrogens with two attached hydrogens (primary N) is 1. The molecule has 0 fully saturated rings. The zero-order valence-corrected chi connectivity index (χ0v) is 22.4. The number of hydrogen-bond donors (Lipinski definition) is 4. The summed E-state index contributed by atoms with van der Waals surface area (Å²) >= 11 is 0. The monoisotopic (exact) mass is 586 g/mol. The second kappa shape index (κ2) is 10.5. The van der Waals surface area contributed by atoms with Crippen LogP contribution in [0.15, 0.2) is 54.6 Å². The average Bonchev–Trinajstić information content (AvgIpc) is 3.28. The lowest BCUT2D eigenvalue weighted by Crippen LogP contribution is -2.51. The number of methoxy groups -OCH3 is 1. The number of hydrogen-bond acceptors (Lipinski definition) is 8. The van der Waals surface area contributed by atoms with Gasteiger partial charge in [-0.2, -0.15) is 13.2 Å². The fourth-order valence-electron chi connectivity index (χ4n) is 4.68. The lowest BCUT2D eigenvalue weighted by atomic mass is 9.89. The number of halogens is 4. The first-order valence-corrected chi connectivity index (χ1v) is 12.7. The van der Waals surface area contributed by atoms with Gasteiger partial charge >= 0.3 is 6.18 Å². The third-order valence-electron chi connectivity index (χ3n) is 7.08. The van der Waals surface area contributed by atoms with Crippen LogP contribution < -0.4 is 20.5 Å². The van der Waals surface area contributed by atoms with Gasteiger partial charge in [0.05, 0.1) is 37.2 Å². The second-order valence-corrected chi connectivity index (χ2v) is 10.2. The van der Waals surface area contributed by atoms with Gasteiger partial charge in [0.25, 0.3) is 5.91 Å². The van der Waals surface area contributed by atoms with E-state index in [4.69, 9.17) is 15.2 Å². The van der Waals surface area contributed by atoms with Crippen LogP contribution in [0.25, 0.3) is 22.2 Å². The van der Waals surface area contributed by atoms with Gasteiger partial charge in [0.1, 0.15) is 29.4 Å². The van der Waals surface area contributed by atoms with Crippen molar-refractivity contribution in [3.63, 3.8) is 0 Å². The highest BCUT2D eigenvalue weighted by Gasteiger charge is 2.57. The highest BCUT2D eigenvalue weighted by atomic mass is 19.4. The number of aromatic nitrogens is 2. The summed E-state index contributed by atoms with van der Waals surface area (Å²) in [4.78, 5) is 21.5. The fraction of sp³-hybridized carbons (Fsp3) is 0.276. The Morgan fingerprint density at radius 2 is 1.86 bits per heavy atom. The minimum absolute atomic E-state index is 0.0562. The topological polar surface area (TPSA) is 140 Å². The lowest BCUT2D eigenvalue weighted by molar-refractivity contribution is -0.265. The van der Waals surface area contributed by atoms with Gasteiger partial charge in [-0.05, 0) is 55.5 Å². The van der Waals surface area contributed by atoms with Gasteiger partial charge in [-0.15, -0.1) is 0 Å². The zero-order chi connectivity index (χ0) is 30.4. The molecule has 1 aliphatic heterocycles. The predicted octanol–water partition coefficient (Wildman–Crippen LogP) is 3.68. The van der Waals surface area contributed by atoms with Crippen molar-refractivity contribution >= 4 is 16.8 Å². The molecule has 2 aromatic heterocycles. The molecule has 2 aromatic carbocycles. The number of aliphatic hydroxyl groups excluding tert-OH is 1. The fourth-order valence-corrected chi connectivity index (χ4v) is 4.68. The van der Waals surface area contributed by atoms with Gasteiger partial charge in [0.15, 0.2) is 5.75 Å². The van der Waals surface area contributed by atoms with Gasteiger partial charge in [-0.25, -0.2) is 14.4 Å². The van der Waals surface area contributed by atoms with Crippen LogP contribution in [0.4, 0.5) is 17.6 Å². The molecule has 0 aliphatic carbocycles. The van der Waals surface area contributed by atoms with Crippen LogP contribution in [0.1, 0.15) is 34.2 Å². The van der Waals surface area contributed by atoms with Gasteiger partial charge < -0.3 is 30.7 Å². The van der Waals surface area contributed by atoms with E-state index in [1.807, 2.05) is 0 Å². The Morgan fingerprint density at radius 1 is 1.14 bits per heavy atom. The minimum atomic E-state index is -5.29. The number of fused-ring (bicyclic) bond motifs is 2. The molecule has 0 saturated carbocycles. The molecule has 1 aliphatic rings. The molecule has 2 unspecified atom stereocenters. The molecule has 9 nitrogen and oxygen atoms in total. The Hall–Kier alpha value is -4.33. The van der Waals surface area contributed by atoms with Crippen LogP contribution in [-0.2, 0) is 17.7 Å². The van der Waals surface area contributed by atoms with E-state index in [9.17, 15) is 32.6 Å². The summed E-state index contributed by atoms with van der Waals surface area (Å²) < 4.78 is 68.3. The van der Waals surface area contributed by atoms with Crippen LogP contribution >= 0.6 is 0 Å². The van der Waals surface area contributed by atoms with Gasteiger partial charge in [0, 0.05) is 22.1 Å². The summed E-state index contributed by atoms with van der Waals surface area (Å²) in [5.41, 5.74) is 1.57. The molecule has 220 valence electrons. The molecule has 0 saturated heterocycles. The number of benzene rings is 2. The molecule has 1 amide bonds. The van der Waals surface area contributed by atoms with Crippen LogP contribution in [0.3, 0.4) is 0 Å². The van der Waals surface area contributed by atoms with Crippen molar-refractivity contribution in [2.24, 2.45) is 5.73 Å². The molecular weight excluding hydrogens is 560 g/mol. The molecule has 5 rings (SSSR count).